The second kappa shape index (κ2) is 12.7. The molecule has 234 valence electrons. The van der Waals surface area contributed by atoms with Crippen molar-refractivity contribution in [1.82, 2.24) is 34.0 Å². The molecule has 7 rings (SSSR count). The first-order valence-corrected chi connectivity index (χ1v) is 15.2. The lowest BCUT2D eigenvalue weighted by Gasteiger charge is -2.16. The Balaban J connectivity index is 1.09. The van der Waals surface area contributed by atoms with Crippen LogP contribution in [-0.2, 0) is 20.1 Å². The standard InChI is InChI=1S/C35H33F2N7O2/c1-42-22-28(20-39-42)27-9-7-26(8-10-27)23-46-34-19-30(40-32(41-34)17-25-5-3-2-4-6-25)31-21-38-33-18-29(11-13-44(31)33)45-16-15-43-14-12-35(36,37)24-43/h2-11,13,18-22H,12,14-17,23-24H2,1H3. The van der Waals surface area contributed by atoms with Crippen LogP contribution < -0.4 is 9.47 Å². The molecule has 4 aromatic heterocycles. The van der Waals surface area contributed by atoms with Crippen molar-refractivity contribution in [3.05, 3.63) is 115 Å². The van der Waals surface area contributed by atoms with E-state index >= 15 is 0 Å². The topological polar surface area (TPSA) is 82.6 Å². The summed E-state index contributed by atoms with van der Waals surface area (Å²) >= 11 is 0. The molecule has 11 heteroatoms. The number of pyridine rings is 1. The molecule has 0 atom stereocenters. The van der Waals surface area contributed by atoms with Crippen LogP contribution in [0.2, 0.25) is 0 Å². The Morgan fingerprint density at radius 3 is 2.50 bits per heavy atom. The number of likely N-dealkylation sites (tertiary alicyclic amines) is 1. The van der Waals surface area contributed by atoms with Crippen LogP contribution >= 0.6 is 0 Å². The van der Waals surface area contributed by atoms with E-state index in [0.717, 1.165) is 27.9 Å². The van der Waals surface area contributed by atoms with Gasteiger partial charge in [-0.25, -0.2) is 18.7 Å². The minimum Gasteiger partial charge on any atom is -0.492 e. The van der Waals surface area contributed by atoms with Crippen molar-refractivity contribution in [3.63, 3.8) is 0 Å². The summed E-state index contributed by atoms with van der Waals surface area (Å²) in [5, 5.41) is 4.25. The number of halogens is 2. The lowest BCUT2D eigenvalue weighted by atomic mass is 10.1. The zero-order valence-corrected chi connectivity index (χ0v) is 25.4. The SMILES string of the molecule is Cn1cc(-c2ccc(COc3cc(-c4cnc5cc(OCCN6CCC(F)(F)C6)ccn45)nc(Cc4ccccc4)n3)cc2)cn1. The number of nitrogens with zero attached hydrogens (tertiary/aromatic N) is 7. The first-order chi connectivity index (χ1) is 22.4. The molecule has 9 nitrogen and oxygen atoms in total. The summed E-state index contributed by atoms with van der Waals surface area (Å²) in [5.41, 5.74) is 6.39. The van der Waals surface area contributed by atoms with E-state index in [9.17, 15) is 8.78 Å². The highest BCUT2D eigenvalue weighted by molar-refractivity contribution is 5.63. The molecule has 0 aliphatic carbocycles. The molecule has 1 aliphatic rings. The van der Waals surface area contributed by atoms with E-state index in [-0.39, 0.29) is 13.0 Å². The Hall–Kier alpha value is -5.16. The van der Waals surface area contributed by atoms with Gasteiger partial charge in [-0.05, 0) is 22.8 Å². The molecule has 0 radical (unpaired) electrons. The van der Waals surface area contributed by atoms with E-state index in [2.05, 4.69) is 22.2 Å². The minimum absolute atomic E-state index is 0.0986. The molecule has 1 fully saturated rings. The third-order valence-corrected chi connectivity index (χ3v) is 8.00. The maximum atomic E-state index is 13.5. The van der Waals surface area contributed by atoms with Gasteiger partial charge in [0, 0.05) is 63.1 Å². The fourth-order valence-electron chi connectivity index (χ4n) is 5.59. The number of benzene rings is 2. The summed E-state index contributed by atoms with van der Waals surface area (Å²) in [6, 6.07) is 23.8. The second-order valence-electron chi connectivity index (χ2n) is 11.5. The molecule has 0 saturated carbocycles. The molecular formula is C35H33F2N7O2. The fourth-order valence-corrected chi connectivity index (χ4v) is 5.59. The summed E-state index contributed by atoms with van der Waals surface area (Å²) in [6.45, 7) is 1.28. The number of fused-ring (bicyclic) bond motifs is 1. The smallest absolute Gasteiger partial charge is 0.261 e. The van der Waals surface area contributed by atoms with Crippen molar-refractivity contribution in [2.45, 2.75) is 25.4 Å². The van der Waals surface area contributed by atoms with Gasteiger partial charge >= 0.3 is 0 Å². The zero-order valence-electron chi connectivity index (χ0n) is 25.4. The molecule has 0 amide bonds. The summed E-state index contributed by atoms with van der Waals surface area (Å²) in [4.78, 5) is 16.0. The number of aryl methyl sites for hydroxylation is 1. The quantitative estimate of drug-likeness (QED) is 0.173. The number of hydrogen-bond donors (Lipinski definition) is 0. The number of ether oxygens (including phenoxy) is 2. The third kappa shape index (κ3) is 6.89. The van der Waals surface area contributed by atoms with Crippen molar-refractivity contribution in [2.75, 3.05) is 26.2 Å². The average molecular weight is 622 g/mol. The lowest BCUT2D eigenvalue weighted by Crippen LogP contribution is -2.29. The van der Waals surface area contributed by atoms with Gasteiger partial charge in [-0.2, -0.15) is 10.1 Å². The predicted octanol–water partition coefficient (Wildman–Crippen LogP) is 6.08. The Morgan fingerprint density at radius 1 is 0.891 bits per heavy atom. The maximum Gasteiger partial charge on any atom is 0.261 e. The van der Waals surface area contributed by atoms with E-state index in [1.807, 2.05) is 90.7 Å². The minimum atomic E-state index is -2.61. The molecule has 1 aliphatic heterocycles. The number of alkyl halides is 2. The molecule has 46 heavy (non-hydrogen) atoms. The van der Waals surface area contributed by atoms with Gasteiger partial charge in [0.25, 0.3) is 5.92 Å². The van der Waals surface area contributed by atoms with Crippen LogP contribution in [0.3, 0.4) is 0 Å². The first kappa shape index (κ1) is 29.5. The van der Waals surface area contributed by atoms with Crippen molar-refractivity contribution in [2.24, 2.45) is 7.05 Å². The average Bonchev–Trinajstić information content (AvgIpc) is 3.78. The van der Waals surface area contributed by atoms with E-state index in [1.54, 1.807) is 15.8 Å². The van der Waals surface area contributed by atoms with Crippen LogP contribution in [0.25, 0.3) is 28.2 Å². The molecule has 6 aromatic rings. The normalized spacial score (nSPS) is 14.6. The third-order valence-electron chi connectivity index (χ3n) is 8.00. The second-order valence-corrected chi connectivity index (χ2v) is 11.5. The molecule has 0 bridgehead atoms. The van der Waals surface area contributed by atoms with Gasteiger partial charge in [-0.15, -0.1) is 0 Å². The van der Waals surface area contributed by atoms with Crippen molar-refractivity contribution in [3.8, 4) is 34.1 Å². The zero-order chi connectivity index (χ0) is 31.5. The lowest BCUT2D eigenvalue weighted by molar-refractivity contribution is 0.0113. The fraction of sp³-hybridized carbons (Fsp3) is 0.257. The van der Waals surface area contributed by atoms with Gasteiger partial charge in [0.1, 0.15) is 30.4 Å². The largest absolute Gasteiger partial charge is 0.492 e. The number of imidazole rings is 1. The highest BCUT2D eigenvalue weighted by Gasteiger charge is 2.37. The van der Waals surface area contributed by atoms with E-state index < -0.39 is 5.92 Å². The molecule has 0 N–H and O–H groups in total. The van der Waals surface area contributed by atoms with Gasteiger partial charge in [-0.1, -0.05) is 54.6 Å². The van der Waals surface area contributed by atoms with Crippen LogP contribution in [0.5, 0.6) is 11.6 Å². The monoisotopic (exact) mass is 621 g/mol. The van der Waals surface area contributed by atoms with Gasteiger partial charge in [-0.3, -0.25) is 14.0 Å². The van der Waals surface area contributed by atoms with Gasteiger partial charge in [0.05, 0.1) is 30.3 Å². The highest BCUT2D eigenvalue weighted by atomic mass is 19.3. The summed E-state index contributed by atoms with van der Waals surface area (Å²) in [5.74, 6) is -0.881. The number of aromatic nitrogens is 6. The van der Waals surface area contributed by atoms with Crippen LogP contribution in [0, 0.1) is 0 Å². The van der Waals surface area contributed by atoms with Crippen LogP contribution in [-0.4, -0.2) is 66.2 Å². The van der Waals surface area contributed by atoms with Crippen LogP contribution in [0.15, 0.2) is 97.6 Å². The van der Waals surface area contributed by atoms with Crippen molar-refractivity contribution >= 4 is 5.65 Å². The van der Waals surface area contributed by atoms with Crippen LogP contribution in [0.1, 0.15) is 23.4 Å². The summed E-state index contributed by atoms with van der Waals surface area (Å²) < 4.78 is 42.8. The van der Waals surface area contributed by atoms with Crippen molar-refractivity contribution in [1.29, 1.82) is 0 Å². The van der Waals surface area contributed by atoms with E-state index in [1.165, 1.54) is 0 Å². The van der Waals surface area contributed by atoms with E-state index in [0.29, 0.717) is 61.5 Å². The summed E-state index contributed by atoms with van der Waals surface area (Å²) in [6.07, 6.45) is 7.91. The Labute approximate surface area is 265 Å². The van der Waals surface area contributed by atoms with Gasteiger partial charge in [0.15, 0.2) is 0 Å². The van der Waals surface area contributed by atoms with Gasteiger partial charge < -0.3 is 9.47 Å². The number of hydrogen-bond acceptors (Lipinski definition) is 7. The summed E-state index contributed by atoms with van der Waals surface area (Å²) in [7, 11) is 1.90. The Bertz CT molecular complexity index is 1940. The van der Waals surface area contributed by atoms with E-state index in [4.69, 9.17) is 19.4 Å². The maximum absolute atomic E-state index is 13.5. The molecule has 2 aromatic carbocycles. The van der Waals surface area contributed by atoms with Gasteiger partial charge in [0.2, 0.25) is 5.88 Å². The highest BCUT2D eigenvalue weighted by Crippen LogP contribution is 2.28. The molecule has 0 spiro atoms. The molecule has 0 unspecified atom stereocenters. The molecular weight excluding hydrogens is 588 g/mol. The first-order valence-electron chi connectivity index (χ1n) is 15.2. The molecule has 5 heterocycles. The number of rotatable bonds is 11. The molecule has 1 saturated heterocycles. The predicted molar refractivity (Wildman–Crippen MR) is 170 cm³/mol. The van der Waals surface area contributed by atoms with Crippen LogP contribution in [0.4, 0.5) is 8.78 Å². The Morgan fingerprint density at radius 2 is 1.74 bits per heavy atom. The van der Waals surface area contributed by atoms with Crippen molar-refractivity contribution < 1.29 is 18.3 Å². The Kier molecular flexibility index (Phi) is 8.15.